The number of hydrogen-bond acceptors (Lipinski definition) is 2. The van der Waals surface area contributed by atoms with Gasteiger partial charge in [0.25, 0.3) is 0 Å². The molecule has 1 aromatic heterocycles. The van der Waals surface area contributed by atoms with Gasteiger partial charge in [-0.2, -0.15) is 0 Å². The molecule has 1 aliphatic carbocycles. The lowest BCUT2D eigenvalue weighted by Crippen LogP contribution is -2.00. The van der Waals surface area contributed by atoms with Crippen LogP contribution in [0.5, 0.6) is 0 Å². The van der Waals surface area contributed by atoms with Gasteiger partial charge in [0, 0.05) is 22.8 Å². The average Bonchev–Trinajstić information content (AvgIpc) is 2.68. The van der Waals surface area contributed by atoms with Gasteiger partial charge in [-0.25, -0.2) is 13.8 Å². The van der Waals surface area contributed by atoms with Crippen LogP contribution in [-0.4, -0.2) is 4.98 Å². The molecular weight excluding hydrogens is 210 g/mol. The minimum Gasteiger partial charge on any atom is -0.398 e. The lowest BCUT2D eigenvalue weighted by Gasteiger charge is -2.08. The highest BCUT2D eigenvalue weighted by Crippen LogP contribution is 2.33. The number of nitrogens with two attached hydrogens (primary N) is 1. The first kappa shape index (κ1) is 9.51. The smallest absolute Gasteiger partial charge is 0.152 e. The fraction of sp³-hybridized carbons (Fsp3) is 0.250. The number of aromatic nitrogens is 1. The minimum absolute atomic E-state index is 0.180. The molecule has 0 atom stereocenters. The molecular formula is C12H10F2N2. The molecule has 1 aromatic carbocycles. The third-order valence-electron chi connectivity index (χ3n) is 3.08. The number of fused-ring (bicyclic) bond motifs is 2. The Morgan fingerprint density at radius 2 is 2.00 bits per heavy atom. The minimum atomic E-state index is -0.642. The summed E-state index contributed by atoms with van der Waals surface area (Å²) in [6, 6.07) is 2.09. The van der Waals surface area contributed by atoms with Gasteiger partial charge in [0.15, 0.2) is 5.82 Å². The van der Waals surface area contributed by atoms with E-state index in [9.17, 15) is 8.78 Å². The van der Waals surface area contributed by atoms with Gasteiger partial charge in [-0.1, -0.05) is 0 Å². The largest absolute Gasteiger partial charge is 0.398 e. The third kappa shape index (κ3) is 1.19. The monoisotopic (exact) mass is 220 g/mol. The summed E-state index contributed by atoms with van der Waals surface area (Å²) in [4.78, 5) is 4.24. The molecule has 16 heavy (non-hydrogen) atoms. The highest BCUT2D eigenvalue weighted by molar-refractivity contribution is 5.92. The molecule has 1 aliphatic rings. The lowest BCUT2D eigenvalue weighted by atomic mass is 10.1. The molecule has 4 heteroatoms. The van der Waals surface area contributed by atoms with Crippen molar-refractivity contribution in [3.05, 3.63) is 35.0 Å². The summed E-state index contributed by atoms with van der Waals surface area (Å²) in [6.07, 6.45) is 2.65. The van der Waals surface area contributed by atoms with E-state index in [0.29, 0.717) is 11.1 Å². The molecule has 1 heterocycles. The van der Waals surface area contributed by atoms with Crippen LogP contribution in [0.4, 0.5) is 14.5 Å². The van der Waals surface area contributed by atoms with E-state index in [-0.39, 0.29) is 5.52 Å². The van der Waals surface area contributed by atoms with Crippen molar-refractivity contribution in [2.75, 3.05) is 5.73 Å². The zero-order chi connectivity index (χ0) is 11.3. The van der Waals surface area contributed by atoms with Crippen molar-refractivity contribution in [1.82, 2.24) is 4.98 Å². The Kier molecular flexibility index (Phi) is 1.87. The number of nitrogens with zero attached hydrogens (tertiary/aromatic N) is 1. The summed E-state index contributed by atoms with van der Waals surface area (Å²) in [5.41, 5.74) is 8.41. The summed E-state index contributed by atoms with van der Waals surface area (Å²) in [5.74, 6) is -1.26. The quantitative estimate of drug-likeness (QED) is 0.741. The molecule has 0 amide bonds. The van der Waals surface area contributed by atoms with E-state index < -0.39 is 11.6 Å². The molecule has 0 radical (unpaired) electrons. The number of halogens is 2. The van der Waals surface area contributed by atoms with Crippen LogP contribution in [0, 0.1) is 11.6 Å². The summed E-state index contributed by atoms with van der Waals surface area (Å²) in [6.45, 7) is 0. The zero-order valence-electron chi connectivity index (χ0n) is 8.56. The van der Waals surface area contributed by atoms with Crippen molar-refractivity contribution in [3.8, 4) is 0 Å². The first-order chi connectivity index (χ1) is 7.66. The predicted octanol–water partition coefficient (Wildman–Crippen LogP) is 2.58. The van der Waals surface area contributed by atoms with Crippen LogP contribution in [0.15, 0.2) is 12.1 Å². The molecule has 2 nitrogen and oxygen atoms in total. The van der Waals surface area contributed by atoms with Crippen molar-refractivity contribution in [2.45, 2.75) is 19.3 Å². The summed E-state index contributed by atoms with van der Waals surface area (Å²) in [5, 5.41) is 0.387. The van der Waals surface area contributed by atoms with Gasteiger partial charge in [-0.05, 0) is 30.9 Å². The Labute approximate surface area is 91.1 Å². The molecule has 0 unspecified atom stereocenters. The molecule has 2 aromatic rings. The Balaban J connectivity index is 2.46. The second-order valence-electron chi connectivity index (χ2n) is 4.09. The van der Waals surface area contributed by atoms with Crippen LogP contribution < -0.4 is 5.73 Å². The Bertz CT molecular complexity index is 593. The molecule has 0 fully saturated rings. The topological polar surface area (TPSA) is 38.9 Å². The Morgan fingerprint density at radius 1 is 1.19 bits per heavy atom. The molecule has 0 bridgehead atoms. The number of hydrogen-bond donors (Lipinski definition) is 1. The fourth-order valence-corrected chi connectivity index (χ4v) is 2.32. The molecule has 0 saturated carbocycles. The van der Waals surface area contributed by atoms with E-state index in [1.807, 2.05) is 0 Å². The first-order valence-electron chi connectivity index (χ1n) is 5.23. The molecule has 0 saturated heterocycles. The van der Waals surface area contributed by atoms with Gasteiger partial charge in [0.2, 0.25) is 0 Å². The number of pyridine rings is 1. The van der Waals surface area contributed by atoms with Gasteiger partial charge in [-0.3, -0.25) is 0 Å². The maximum Gasteiger partial charge on any atom is 0.152 e. The van der Waals surface area contributed by atoms with Crippen LogP contribution in [-0.2, 0) is 12.8 Å². The third-order valence-corrected chi connectivity index (χ3v) is 3.08. The number of rotatable bonds is 0. The molecule has 0 aliphatic heterocycles. The highest BCUT2D eigenvalue weighted by atomic mass is 19.1. The van der Waals surface area contributed by atoms with Crippen LogP contribution in [0.2, 0.25) is 0 Å². The Hall–Kier alpha value is -1.71. The van der Waals surface area contributed by atoms with Gasteiger partial charge in [0.05, 0.1) is 0 Å². The predicted molar refractivity (Wildman–Crippen MR) is 58.1 cm³/mol. The van der Waals surface area contributed by atoms with Gasteiger partial charge < -0.3 is 5.73 Å². The van der Waals surface area contributed by atoms with Crippen molar-refractivity contribution in [3.63, 3.8) is 0 Å². The van der Waals surface area contributed by atoms with E-state index in [1.54, 1.807) is 0 Å². The van der Waals surface area contributed by atoms with Crippen molar-refractivity contribution < 1.29 is 8.78 Å². The van der Waals surface area contributed by atoms with E-state index in [4.69, 9.17) is 5.73 Å². The number of benzene rings is 1. The van der Waals surface area contributed by atoms with Crippen LogP contribution >= 0.6 is 0 Å². The maximum absolute atomic E-state index is 13.5. The second kappa shape index (κ2) is 3.14. The van der Waals surface area contributed by atoms with Gasteiger partial charge in [0.1, 0.15) is 11.3 Å². The highest BCUT2D eigenvalue weighted by Gasteiger charge is 2.19. The SMILES string of the molecule is Nc1c2c(nc3c(F)cc(F)cc13)CCC2. The number of aryl methyl sites for hydroxylation is 1. The van der Waals surface area contributed by atoms with E-state index in [0.717, 1.165) is 36.6 Å². The number of nitrogen functional groups attached to an aromatic ring is 1. The van der Waals surface area contributed by atoms with Crippen molar-refractivity contribution >= 4 is 16.6 Å². The molecule has 82 valence electrons. The standard InChI is InChI=1S/C12H10F2N2/c13-6-4-8-11(15)7-2-1-3-10(7)16-12(8)9(14)5-6/h4-5H,1-3H2,(H2,15,16). The zero-order valence-corrected chi connectivity index (χ0v) is 8.56. The lowest BCUT2D eigenvalue weighted by molar-refractivity contribution is 0.590. The molecule has 0 spiro atoms. The molecule has 2 N–H and O–H groups in total. The Morgan fingerprint density at radius 3 is 2.81 bits per heavy atom. The average molecular weight is 220 g/mol. The summed E-state index contributed by atoms with van der Waals surface area (Å²) >= 11 is 0. The van der Waals surface area contributed by atoms with Gasteiger partial charge >= 0.3 is 0 Å². The van der Waals surface area contributed by atoms with Crippen LogP contribution in [0.25, 0.3) is 10.9 Å². The van der Waals surface area contributed by atoms with E-state index in [1.165, 1.54) is 6.07 Å². The van der Waals surface area contributed by atoms with Crippen molar-refractivity contribution in [1.29, 1.82) is 0 Å². The summed E-state index contributed by atoms with van der Waals surface area (Å²) < 4.78 is 26.6. The molecule has 3 rings (SSSR count). The number of anilines is 1. The summed E-state index contributed by atoms with van der Waals surface area (Å²) in [7, 11) is 0. The van der Waals surface area contributed by atoms with Crippen molar-refractivity contribution in [2.24, 2.45) is 0 Å². The first-order valence-corrected chi connectivity index (χ1v) is 5.23. The van der Waals surface area contributed by atoms with Crippen LogP contribution in [0.1, 0.15) is 17.7 Å². The van der Waals surface area contributed by atoms with Crippen LogP contribution in [0.3, 0.4) is 0 Å². The normalized spacial score (nSPS) is 14.4. The maximum atomic E-state index is 13.5. The second-order valence-corrected chi connectivity index (χ2v) is 4.09. The fourth-order valence-electron chi connectivity index (χ4n) is 2.32. The van der Waals surface area contributed by atoms with E-state index >= 15 is 0 Å². The van der Waals surface area contributed by atoms with Gasteiger partial charge in [-0.15, -0.1) is 0 Å². The van der Waals surface area contributed by atoms with E-state index in [2.05, 4.69) is 4.98 Å².